The van der Waals surface area contributed by atoms with Crippen LogP contribution in [0, 0.1) is 0 Å². The van der Waals surface area contributed by atoms with Crippen LogP contribution in [0.5, 0.6) is 17.2 Å². The minimum atomic E-state index is -0.160. The Kier molecular flexibility index (Phi) is 7.72. The molecule has 3 aromatic rings. The lowest BCUT2D eigenvalue weighted by molar-refractivity contribution is 0.284. The topological polar surface area (TPSA) is 50.7 Å². The zero-order valence-electron chi connectivity index (χ0n) is 15.6. The molecule has 0 bridgehead atoms. The van der Waals surface area contributed by atoms with Crippen LogP contribution in [0.3, 0.4) is 0 Å². The van der Waals surface area contributed by atoms with Gasteiger partial charge in [0, 0.05) is 23.3 Å². The molecule has 0 aliphatic carbocycles. The second-order valence-electron chi connectivity index (χ2n) is 6.27. The molecular formula is C21H16Cl5NO3. The van der Waals surface area contributed by atoms with E-state index >= 15 is 0 Å². The fourth-order valence-corrected chi connectivity index (χ4v) is 3.67. The lowest BCUT2D eigenvalue weighted by atomic mass is 10.2. The zero-order valence-corrected chi connectivity index (χ0v) is 19.4. The molecule has 0 fully saturated rings. The first-order chi connectivity index (χ1) is 14.3. The molecule has 0 aliphatic heterocycles. The van der Waals surface area contributed by atoms with Gasteiger partial charge in [-0.3, -0.25) is 0 Å². The fourth-order valence-electron chi connectivity index (χ4n) is 2.64. The molecule has 9 heteroatoms. The molecule has 158 valence electrons. The largest absolute Gasteiger partial charge is 0.505 e. The highest BCUT2D eigenvalue weighted by atomic mass is 35.5. The summed E-state index contributed by atoms with van der Waals surface area (Å²) in [4.78, 5) is 0. The van der Waals surface area contributed by atoms with Crippen LogP contribution in [0.1, 0.15) is 11.1 Å². The molecule has 0 spiro atoms. The summed E-state index contributed by atoms with van der Waals surface area (Å²) in [6.07, 6.45) is 0. The van der Waals surface area contributed by atoms with Crippen LogP contribution in [0.15, 0.2) is 42.5 Å². The number of aromatic hydroxyl groups is 1. The first kappa shape index (κ1) is 23.0. The van der Waals surface area contributed by atoms with Gasteiger partial charge in [-0.1, -0.05) is 64.1 Å². The van der Waals surface area contributed by atoms with Gasteiger partial charge >= 0.3 is 0 Å². The van der Waals surface area contributed by atoms with Gasteiger partial charge in [-0.2, -0.15) is 0 Å². The van der Waals surface area contributed by atoms with E-state index in [2.05, 4.69) is 5.32 Å². The Hall–Kier alpha value is -1.69. The Bertz CT molecular complexity index is 1050. The Balaban J connectivity index is 1.74. The first-order valence-electron chi connectivity index (χ1n) is 8.63. The van der Waals surface area contributed by atoms with Crippen molar-refractivity contribution in [1.82, 2.24) is 0 Å². The molecule has 0 atom stereocenters. The molecule has 30 heavy (non-hydrogen) atoms. The van der Waals surface area contributed by atoms with E-state index in [1.54, 1.807) is 43.5 Å². The minimum Gasteiger partial charge on any atom is -0.505 e. The van der Waals surface area contributed by atoms with Crippen molar-refractivity contribution in [3.63, 3.8) is 0 Å². The monoisotopic (exact) mass is 505 g/mol. The van der Waals surface area contributed by atoms with Gasteiger partial charge in [0.2, 0.25) is 0 Å². The van der Waals surface area contributed by atoms with Crippen LogP contribution in [-0.2, 0) is 13.2 Å². The normalized spacial score (nSPS) is 10.7. The third-order valence-corrected chi connectivity index (χ3v) is 5.88. The Labute approximate surface area is 199 Å². The number of methoxy groups -OCH3 is 1. The molecular weight excluding hydrogens is 492 g/mol. The third-order valence-electron chi connectivity index (χ3n) is 4.21. The first-order valence-corrected chi connectivity index (χ1v) is 10.5. The summed E-state index contributed by atoms with van der Waals surface area (Å²) in [6, 6.07) is 11.9. The van der Waals surface area contributed by atoms with Crippen molar-refractivity contribution in [3.05, 3.63) is 78.7 Å². The van der Waals surface area contributed by atoms with Crippen LogP contribution < -0.4 is 14.8 Å². The van der Waals surface area contributed by atoms with E-state index in [1.165, 1.54) is 0 Å². The van der Waals surface area contributed by atoms with Crippen molar-refractivity contribution < 1.29 is 14.6 Å². The average molecular weight is 508 g/mol. The molecule has 0 aromatic heterocycles. The van der Waals surface area contributed by atoms with Gasteiger partial charge in [0.15, 0.2) is 17.2 Å². The molecule has 3 rings (SSSR count). The summed E-state index contributed by atoms with van der Waals surface area (Å²) in [5.74, 6) is 0.859. The Morgan fingerprint density at radius 3 is 2.13 bits per heavy atom. The number of ether oxygens (including phenoxy) is 2. The van der Waals surface area contributed by atoms with E-state index in [9.17, 15) is 5.11 Å². The number of rotatable bonds is 7. The van der Waals surface area contributed by atoms with Crippen LogP contribution in [-0.4, -0.2) is 12.2 Å². The molecule has 3 aromatic carbocycles. The van der Waals surface area contributed by atoms with Crippen molar-refractivity contribution in [2.45, 2.75) is 13.2 Å². The number of hydrogen-bond donors (Lipinski definition) is 2. The van der Waals surface area contributed by atoms with E-state index in [0.29, 0.717) is 38.8 Å². The predicted molar refractivity (Wildman–Crippen MR) is 124 cm³/mol. The van der Waals surface area contributed by atoms with Crippen molar-refractivity contribution in [3.8, 4) is 17.2 Å². The highest BCUT2D eigenvalue weighted by Gasteiger charge is 2.13. The molecule has 0 saturated carbocycles. The van der Waals surface area contributed by atoms with E-state index in [1.807, 2.05) is 6.07 Å². The van der Waals surface area contributed by atoms with Crippen molar-refractivity contribution in [1.29, 1.82) is 0 Å². The van der Waals surface area contributed by atoms with Crippen LogP contribution >= 0.6 is 58.0 Å². The maximum absolute atomic E-state index is 9.66. The molecule has 2 N–H and O–H groups in total. The van der Waals surface area contributed by atoms with E-state index < -0.39 is 0 Å². The third kappa shape index (κ3) is 5.51. The molecule has 0 heterocycles. The highest BCUT2D eigenvalue weighted by molar-refractivity contribution is 6.42. The van der Waals surface area contributed by atoms with Gasteiger partial charge in [0.05, 0.1) is 27.2 Å². The second kappa shape index (κ2) is 10.1. The number of benzene rings is 3. The lowest BCUT2D eigenvalue weighted by Crippen LogP contribution is -2.03. The highest BCUT2D eigenvalue weighted by Crippen LogP contribution is 2.37. The van der Waals surface area contributed by atoms with Crippen molar-refractivity contribution in [2.24, 2.45) is 0 Å². The SMILES string of the molecule is COc1cc(CNc2cc(Cl)c(O)c(Cl)c2)c(Cl)cc1OCc1ccc(Cl)c(Cl)c1. The molecule has 0 unspecified atom stereocenters. The van der Waals surface area contributed by atoms with Gasteiger partial charge in [0.1, 0.15) is 6.61 Å². The smallest absolute Gasteiger partial charge is 0.163 e. The van der Waals surface area contributed by atoms with Crippen LogP contribution in [0.4, 0.5) is 5.69 Å². The average Bonchev–Trinajstić information content (AvgIpc) is 2.71. The van der Waals surface area contributed by atoms with Gasteiger partial charge in [-0.15, -0.1) is 0 Å². The predicted octanol–water partition coefficient (Wildman–Crippen LogP) is 7.86. The van der Waals surface area contributed by atoms with E-state index in [-0.39, 0.29) is 22.4 Å². The van der Waals surface area contributed by atoms with Gasteiger partial charge < -0.3 is 19.9 Å². The molecule has 0 saturated heterocycles. The molecule has 0 amide bonds. The van der Waals surface area contributed by atoms with E-state index in [4.69, 9.17) is 67.5 Å². The van der Waals surface area contributed by atoms with Crippen LogP contribution in [0.25, 0.3) is 0 Å². The van der Waals surface area contributed by atoms with Crippen molar-refractivity contribution in [2.75, 3.05) is 12.4 Å². The molecule has 4 nitrogen and oxygen atoms in total. The quantitative estimate of drug-likeness (QED) is 0.320. The van der Waals surface area contributed by atoms with Gasteiger partial charge in [-0.05, 0) is 41.5 Å². The number of phenolic OH excluding ortho intramolecular Hbond substituents is 1. The summed E-state index contributed by atoms with van der Waals surface area (Å²) in [5.41, 5.74) is 2.27. The maximum atomic E-state index is 9.66. The number of nitrogens with one attached hydrogen (secondary N) is 1. The number of halogens is 5. The van der Waals surface area contributed by atoms with Gasteiger partial charge in [0.25, 0.3) is 0 Å². The summed E-state index contributed by atoms with van der Waals surface area (Å²) in [5, 5.41) is 14.6. The molecule has 0 aliphatic rings. The molecule has 0 radical (unpaired) electrons. The fraction of sp³-hybridized carbons (Fsp3) is 0.143. The zero-order chi connectivity index (χ0) is 21.8. The maximum Gasteiger partial charge on any atom is 0.163 e. The summed E-state index contributed by atoms with van der Waals surface area (Å²) >= 11 is 30.3. The summed E-state index contributed by atoms with van der Waals surface area (Å²) < 4.78 is 11.3. The van der Waals surface area contributed by atoms with E-state index in [0.717, 1.165) is 11.1 Å². The van der Waals surface area contributed by atoms with Crippen molar-refractivity contribution >= 4 is 63.7 Å². The lowest BCUT2D eigenvalue weighted by Gasteiger charge is -2.15. The Morgan fingerprint density at radius 2 is 1.50 bits per heavy atom. The van der Waals surface area contributed by atoms with Gasteiger partial charge in [-0.25, -0.2) is 0 Å². The number of anilines is 1. The standard InChI is InChI=1S/C21H16Cl5NO3/c1-29-19-5-12(9-27-13-6-17(25)21(28)18(26)7-13)15(23)8-20(19)30-10-11-2-3-14(22)16(24)4-11/h2-8,27-28H,9-10H2,1H3. The summed E-state index contributed by atoms with van der Waals surface area (Å²) in [6.45, 7) is 0.644. The minimum absolute atomic E-state index is 0.153. The number of hydrogen-bond acceptors (Lipinski definition) is 4. The number of phenols is 1. The second-order valence-corrected chi connectivity index (χ2v) is 8.31. The van der Waals surface area contributed by atoms with Crippen LogP contribution in [0.2, 0.25) is 25.1 Å². The Morgan fingerprint density at radius 1 is 0.800 bits per heavy atom. The summed E-state index contributed by atoms with van der Waals surface area (Å²) in [7, 11) is 1.55.